The second kappa shape index (κ2) is 14.1. The summed E-state index contributed by atoms with van der Waals surface area (Å²) in [5, 5.41) is 3.77. The molecular formula is C30H35ClN2O2S. The second-order valence-electron chi connectivity index (χ2n) is 9.41. The minimum Gasteiger partial charge on any atom is -0.354 e. The summed E-state index contributed by atoms with van der Waals surface area (Å²) >= 11 is 7.55. The van der Waals surface area contributed by atoms with Crippen molar-refractivity contribution in [2.75, 3.05) is 12.3 Å². The lowest BCUT2D eigenvalue weighted by Gasteiger charge is -2.32. The molecule has 0 aromatic heterocycles. The molecule has 0 radical (unpaired) electrons. The van der Waals surface area contributed by atoms with Gasteiger partial charge in [0, 0.05) is 30.3 Å². The molecule has 4 nitrogen and oxygen atoms in total. The standard InChI is InChI=1S/C30H35ClN2O2S/c1-22(2)18-32-30(35)28(17-24-10-5-4-6-11-24)33(19-26-12-8-7-9-23(26)3)29(34)21-36-20-25-13-15-27(31)16-14-25/h4-16,22,28H,17-21H2,1-3H3,(H,32,35)/t28-/m1/s1. The molecule has 0 bridgehead atoms. The predicted octanol–water partition coefficient (Wildman–Crippen LogP) is 6.29. The van der Waals surface area contributed by atoms with Crippen molar-refractivity contribution < 1.29 is 9.59 Å². The van der Waals surface area contributed by atoms with Crippen molar-refractivity contribution in [1.29, 1.82) is 0 Å². The van der Waals surface area contributed by atoms with Crippen LogP contribution >= 0.6 is 23.4 Å². The Morgan fingerprint density at radius 3 is 2.25 bits per heavy atom. The van der Waals surface area contributed by atoms with E-state index in [0.717, 1.165) is 22.3 Å². The summed E-state index contributed by atoms with van der Waals surface area (Å²) in [6, 6.07) is 25.0. The van der Waals surface area contributed by atoms with E-state index in [-0.39, 0.29) is 17.6 Å². The van der Waals surface area contributed by atoms with E-state index in [0.29, 0.717) is 36.2 Å². The predicted molar refractivity (Wildman–Crippen MR) is 151 cm³/mol. The second-order valence-corrected chi connectivity index (χ2v) is 10.8. The number of benzene rings is 3. The van der Waals surface area contributed by atoms with E-state index in [9.17, 15) is 9.59 Å². The molecule has 3 aromatic carbocycles. The van der Waals surface area contributed by atoms with E-state index in [1.807, 2.05) is 85.8 Å². The Morgan fingerprint density at radius 2 is 1.58 bits per heavy atom. The molecule has 1 N–H and O–H groups in total. The van der Waals surface area contributed by atoms with Gasteiger partial charge < -0.3 is 10.2 Å². The molecule has 0 aliphatic rings. The van der Waals surface area contributed by atoms with Crippen molar-refractivity contribution in [3.8, 4) is 0 Å². The van der Waals surface area contributed by atoms with E-state index in [1.165, 1.54) is 0 Å². The molecule has 0 saturated heterocycles. The van der Waals surface area contributed by atoms with Gasteiger partial charge >= 0.3 is 0 Å². The largest absolute Gasteiger partial charge is 0.354 e. The van der Waals surface area contributed by atoms with Gasteiger partial charge in [0.1, 0.15) is 6.04 Å². The molecule has 6 heteroatoms. The van der Waals surface area contributed by atoms with Crippen molar-refractivity contribution in [3.63, 3.8) is 0 Å². The molecular weight excluding hydrogens is 488 g/mol. The summed E-state index contributed by atoms with van der Waals surface area (Å²) in [7, 11) is 0. The van der Waals surface area contributed by atoms with Gasteiger partial charge in [0.05, 0.1) is 5.75 Å². The molecule has 0 unspecified atom stereocenters. The number of rotatable bonds is 12. The highest BCUT2D eigenvalue weighted by Crippen LogP contribution is 2.20. The van der Waals surface area contributed by atoms with Crippen molar-refractivity contribution in [1.82, 2.24) is 10.2 Å². The normalized spacial score (nSPS) is 11.8. The first kappa shape index (κ1) is 27.8. The highest BCUT2D eigenvalue weighted by Gasteiger charge is 2.30. The molecule has 0 fully saturated rings. The van der Waals surface area contributed by atoms with E-state index in [2.05, 4.69) is 19.2 Å². The van der Waals surface area contributed by atoms with Crippen LogP contribution < -0.4 is 5.32 Å². The third-order valence-electron chi connectivity index (χ3n) is 5.97. The SMILES string of the molecule is Cc1ccccc1CN(C(=O)CSCc1ccc(Cl)cc1)[C@H](Cc1ccccc1)C(=O)NCC(C)C. The molecule has 0 heterocycles. The van der Waals surface area contributed by atoms with Crippen LogP contribution in [0.5, 0.6) is 0 Å². The van der Waals surface area contributed by atoms with Crippen LogP contribution in [-0.2, 0) is 28.3 Å². The molecule has 3 rings (SSSR count). The van der Waals surface area contributed by atoms with Gasteiger partial charge in [-0.1, -0.05) is 92.2 Å². The zero-order chi connectivity index (χ0) is 25.9. The van der Waals surface area contributed by atoms with Crippen molar-refractivity contribution in [2.45, 2.75) is 45.5 Å². The number of carbonyl (C=O) groups excluding carboxylic acids is 2. The van der Waals surface area contributed by atoms with Gasteiger partial charge in [-0.25, -0.2) is 0 Å². The quantitative estimate of drug-likeness (QED) is 0.304. The van der Waals surface area contributed by atoms with Crippen LogP contribution in [0.25, 0.3) is 0 Å². The monoisotopic (exact) mass is 522 g/mol. The van der Waals surface area contributed by atoms with Gasteiger partial charge in [0.15, 0.2) is 0 Å². The summed E-state index contributed by atoms with van der Waals surface area (Å²) in [4.78, 5) is 28.9. The molecule has 0 aliphatic carbocycles. The Hall–Kier alpha value is -2.76. The number of hydrogen-bond donors (Lipinski definition) is 1. The Morgan fingerprint density at radius 1 is 0.917 bits per heavy atom. The minimum atomic E-state index is -0.602. The third-order valence-corrected chi connectivity index (χ3v) is 7.21. The van der Waals surface area contributed by atoms with Gasteiger partial charge in [-0.2, -0.15) is 0 Å². The van der Waals surface area contributed by atoms with Gasteiger partial charge in [0.25, 0.3) is 0 Å². The van der Waals surface area contributed by atoms with Crippen LogP contribution in [0.2, 0.25) is 5.02 Å². The summed E-state index contributed by atoms with van der Waals surface area (Å²) in [5.74, 6) is 1.15. The molecule has 2 amide bonds. The van der Waals surface area contributed by atoms with Crippen LogP contribution in [-0.4, -0.2) is 35.1 Å². The zero-order valence-corrected chi connectivity index (χ0v) is 22.8. The molecule has 3 aromatic rings. The lowest BCUT2D eigenvalue weighted by Crippen LogP contribution is -2.51. The van der Waals surface area contributed by atoms with Crippen molar-refractivity contribution >= 4 is 35.2 Å². The maximum atomic E-state index is 13.7. The summed E-state index contributed by atoms with van der Waals surface area (Å²) in [6.45, 7) is 7.13. The van der Waals surface area contributed by atoms with Crippen LogP contribution in [0.1, 0.15) is 36.1 Å². The molecule has 0 aliphatic heterocycles. The van der Waals surface area contributed by atoms with Gasteiger partial charge in [-0.3, -0.25) is 9.59 Å². The lowest BCUT2D eigenvalue weighted by molar-refractivity contribution is -0.139. The zero-order valence-electron chi connectivity index (χ0n) is 21.2. The first-order valence-electron chi connectivity index (χ1n) is 12.3. The fourth-order valence-corrected chi connectivity index (χ4v) is 4.86. The topological polar surface area (TPSA) is 49.4 Å². The Balaban J connectivity index is 1.84. The summed E-state index contributed by atoms with van der Waals surface area (Å²) < 4.78 is 0. The van der Waals surface area contributed by atoms with E-state index in [1.54, 1.807) is 16.7 Å². The third kappa shape index (κ3) is 8.72. The molecule has 0 spiro atoms. The van der Waals surface area contributed by atoms with E-state index < -0.39 is 6.04 Å². The van der Waals surface area contributed by atoms with Gasteiger partial charge in [-0.15, -0.1) is 11.8 Å². The van der Waals surface area contributed by atoms with Crippen LogP contribution in [0, 0.1) is 12.8 Å². The molecule has 36 heavy (non-hydrogen) atoms. The van der Waals surface area contributed by atoms with Gasteiger partial charge in [-0.05, 0) is 47.2 Å². The maximum Gasteiger partial charge on any atom is 0.243 e. The lowest BCUT2D eigenvalue weighted by atomic mass is 10.0. The number of nitrogens with zero attached hydrogens (tertiary/aromatic N) is 1. The fraction of sp³-hybridized carbons (Fsp3) is 0.333. The number of carbonyl (C=O) groups is 2. The van der Waals surface area contributed by atoms with E-state index >= 15 is 0 Å². The highest BCUT2D eigenvalue weighted by molar-refractivity contribution is 7.99. The average Bonchev–Trinajstić information content (AvgIpc) is 2.87. The summed E-state index contributed by atoms with van der Waals surface area (Å²) in [6.07, 6.45) is 0.463. The van der Waals surface area contributed by atoms with Crippen LogP contribution in [0.4, 0.5) is 0 Å². The number of nitrogens with one attached hydrogen (secondary N) is 1. The summed E-state index contributed by atoms with van der Waals surface area (Å²) in [5.41, 5.74) is 4.28. The highest BCUT2D eigenvalue weighted by atomic mass is 35.5. The van der Waals surface area contributed by atoms with Crippen molar-refractivity contribution in [2.24, 2.45) is 5.92 Å². The Bertz CT molecular complexity index is 1120. The number of halogens is 1. The first-order valence-corrected chi connectivity index (χ1v) is 13.8. The van der Waals surface area contributed by atoms with Crippen molar-refractivity contribution in [3.05, 3.63) is 106 Å². The molecule has 1 atom stereocenters. The van der Waals surface area contributed by atoms with Crippen LogP contribution in [0.15, 0.2) is 78.9 Å². The minimum absolute atomic E-state index is 0.0437. The van der Waals surface area contributed by atoms with Crippen LogP contribution in [0.3, 0.4) is 0 Å². The number of hydrogen-bond acceptors (Lipinski definition) is 3. The van der Waals surface area contributed by atoms with E-state index in [4.69, 9.17) is 11.6 Å². The average molecular weight is 523 g/mol. The molecule has 190 valence electrons. The number of amides is 2. The first-order chi connectivity index (χ1) is 17.3. The Labute approximate surface area is 224 Å². The number of thioether (sulfide) groups is 1. The van der Waals surface area contributed by atoms with Gasteiger partial charge in [0.2, 0.25) is 11.8 Å². The maximum absolute atomic E-state index is 13.7. The molecule has 0 saturated carbocycles. The number of aryl methyl sites for hydroxylation is 1. The fourth-order valence-electron chi connectivity index (χ4n) is 3.87. The Kier molecular flexibility index (Phi) is 10.9. The smallest absolute Gasteiger partial charge is 0.243 e.